The summed E-state index contributed by atoms with van der Waals surface area (Å²) >= 11 is 0. The summed E-state index contributed by atoms with van der Waals surface area (Å²) in [6, 6.07) is 0. The zero-order valence-electron chi connectivity index (χ0n) is 12.7. The quantitative estimate of drug-likeness (QED) is 0.793. The minimum Gasteiger partial charge on any atom is -0.377 e. The Kier molecular flexibility index (Phi) is 6.61. The zero-order valence-corrected chi connectivity index (χ0v) is 12.7. The van der Waals surface area contributed by atoms with Crippen LogP contribution < -0.4 is 5.73 Å². The average molecular weight is 256 g/mol. The molecule has 0 aliphatic carbocycles. The van der Waals surface area contributed by atoms with E-state index < -0.39 is 0 Å². The molecule has 0 spiro atoms. The van der Waals surface area contributed by atoms with Crippen molar-refractivity contribution in [1.82, 2.24) is 4.90 Å². The number of rotatable bonds is 6. The number of nitrogens with zero attached hydrogens (tertiary/aromatic N) is 1. The fourth-order valence-electron chi connectivity index (χ4n) is 2.90. The second-order valence-corrected chi connectivity index (χ2v) is 7.08. The van der Waals surface area contributed by atoms with Gasteiger partial charge in [-0.2, -0.15) is 0 Å². The van der Waals surface area contributed by atoms with Crippen LogP contribution in [0.15, 0.2) is 0 Å². The third kappa shape index (κ3) is 6.72. The summed E-state index contributed by atoms with van der Waals surface area (Å²) in [6.07, 6.45) is 5.41. The van der Waals surface area contributed by atoms with Gasteiger partial charge in [-0.3, -0.25) is 0 Å². The molecule has 1 aliphatic rings. The lowest BCUT2D eigenvalue weighted by Crippen LogP contribution is -2.38. The summed E-state index contributed by atoms with van der Waals surface area (Å²) in [6.45, 7) is 10.8. The van der Waals surface area contributed by atoms with Gasteiger partial charge in [-0.1, -0.05) is 20.8 Å². The smallest absolute Gasteiger partial charge is 0.0701 e. The molecule has 1 fully saturated rings. The molecule has 3 heteroatoms. The first-order valence-corrected chi connectivity index (χ1v) is 7.41. The molecule has 0 saturated carbocycles. The van der Waals surface area contributed by atoms with E-state index in [2.05, 4.69) is 32.7 Å². The maximum Gasteiger partial charge on any atom is 0.0701 e. The first-order chi connectivity index (χ1) is 8.40. The number of nitrogens with two attached hydrogens (primary N) is 1. The van der Waals surface area contributed by atoms with Crippen LogP contribution in [0, 0.1) is 11.3 Å². The van der Waals surface area contributed by atoms with Crippen molar-refractivity contribution in [2.75, 3.05) is 33.3 Å². The number of ether oxygens (including phenoxy) is 1. The minimum atomic E-state index is 0.367. The van der Waals surface area contributed by atoms with E-state index in [1.807, 2.05) is 0 Å². The van der Waals surface area contributed by atoms with Crippen molar-refractivity contribution in [3.05, 3.63) is 0 Å². The lowest BCUT2D eigenvalue weighted by atomic mass is 9.84. The van der Waals surface area contributed by atoms with Crippen LogP contribution in [0.2, 0.25) is 0 Å². The summed E-state index contributed by atoms with van der Waals surface area (Å²) in [7, 11) is 2.20. The van der Waals surface area contributed by atoms with E-state index in [1.54, 1.807) is 0 Å². The molecule has 0 aromatic rings. The summed E-state index contributed by atoms with van der Waals surface area (Å²) in [5.74, 6) is 0.596. The Labute approximate surface area is 113 Å². The molecule has 0 amide bonds. The van der Waals surface area contributed by atoms with Crippen molar-refractivity contribution in [1.29, 1.82) is 0 Å². The molecule has 1 rings (SSSR count). The monoisotopic (exact) mass is 256 g/mol. The molecular weight excluding hydrogens is 224 g/mol. The van der Waals surface area contributed by atoms with Gasteiger partial charge in [0.1, 0.15) is 0 Å². The largest absolute Gasteiger partial charge is 0.377 e. The van der Waals surface area contributed by atoms with Crippen LogP contribution in [-0.2, 0) is 4.74 Å². The fraction of sp³-hybridized carbons (Fsp3) is 1.00. The van der Waals surface area contributed by atoms with E-state index in [9.17, 15) is 0 Å². The van der Waals surface area contributed by atoms with Crippen LogP contribution in [0.25, 0.3) is 0 Å². The van der Waals surface area contributed by atoms with Crippen LogP contribution in [0.1, 0.15) is 46.5 Å². The van der Waals surface area contributed by atoms with Gasteiger partial charge >= 0.3 is 0 Å². The average Bonchev–Trinajstić information content (AvgIpc) is 2.27. The van der Waals surface area contributed by atoms with Gasteiger partial charge in [0.25, 0.3) is 0 Å². The number of hydrogen-bond donors (Lipinski definition) is 1. The molecule has 1 aliphatic heterocycles. The van der Waals surface area contributed by atoms with E-state index >= 15 is 0 Å². The van der Waals surface area contributed by atoms with Crippen molar-refractivity contribution in [3.63, 3.8) is 0 Å². The Balaban J connectivity index is 2.29. The third-order valence-electron chi connectivity index (χ3n) is 3.59. The lowest BCUT2D eigenvalue weighted by Gasteiger charge is -2.31. The van der Waals surface area contributed by atoms with Gasteiger partial charge in [0.15, 0.2) is 0 Å². The standard InChI is InChI=1S/C15H32N2O/c1-15(2,3)9-13(10-16)11-17(4)12-14-7-5-6-8-18-14/h13-14H,5-12,16H2,1-4H3. The van der Waals surface area contributed by atoms with Gasteiger partial charge < -0.3 is 15.4 Å². The maximum atomic E-state index is 5.90. The SMILES string of the molecule is CN(CC(CN)CC(C)(C)C)CC1CCCCO1. The highest BCUT2D eigenvalue weighted by atomic mass is 16.5. The van der Waals surface area contributed by atoms with E-state index in [4.69, 9.17) is 10.5 Å². The molecule has 2 atom stereocenters. The summed E-state index contributed by atoms with van der Waals surface area (Å²) in [4.78, 5) is 2.40. The second kappa shape index (κ2) is 7.46. The normalized spacial score (nSPS) is 23.3. The fourth-order valence-corrected chi connectivity index (χ4v) is 2.90. The van der Waals surface area contributed by atoms with E-state index in [0.717, 1.165) is 26.2 Å². The van der Waals surface area contributed by atoms with E-state index in [-0.39, 0.29) is 0 Å². The Morgan fingerprint density at radius 2 is 2.06 bits per heavy atom. The molecule has 0 aromatic heterocycles. The van der Waals surface area contributed by atoms with E-state index in [0.29, 0.717) is 17.4 Å². The van der Waals surface area contributed by atoms with Gasteiger partial charge in [-0.15, -0.1) is 0 Å². The van der Waals surface area contributed by atoms with Gasteiger partial charge in [-0.25, -0.2) is 0 Å². The van der Waals surface area contributed by atoms with Gasteiger partial charge in [0, 0.05) is 19.7 Å². The number of hydrogen-bond acceptors (Lipinski definition) is 3. The lowest BCUT2D eigenvalue weighted by molar-refractivity contribution is -0.00403. The first kappa shape index (κ1) is 15.9. The van der Waals surface area contributed by atoms with Crippen LogP contribution in [0.4, 0.5) is 0 Å². The summed E-state index contributed by atoms with van der Waals surface area (Å²) < 4.78 is 5.79. The maximum absolute atomic E-state index is 5.90. The Morgan fingerprint density at radius 3 is 2.56 bits per heavy atom. The molecule has 1 heterocycles. The minimum absolute atomic E-state index is 0.367. The molecule has 0 radical (unpaired) electrons. The molecule has 18 heavy (non-hydrogen) atoms. The topological polar surface area (TPSA) is 38.5 Å². The molecule has 108 valence electrons. The van der Waals surface area contributed by atoms with Crippen molar-refractivity contribution in [2.45, 2.75) is 52.6 Å². The van der Waals surface area contributed by atoms with Gasteiger partial charge in [-0.05, 0) is 50.6 Å². The van der Waals surface area contributed by atoms with E-state index in [1.165, 1.54) is 25.7 Å². The van der Waals surface area contributed by atoms with Crippen molar-refractivity contribution >= 4 is 0 Å². The second-order valence-electron chi connectivity index (χ2n) is 7.08. The van der Waals surface area contributed by atoms with Gasteiger partial charge in [0.2, 0.25) is 0 Å². The molecule has 3 nitrogen and oxygen atoms in total. The Morgan fingerprint density at radius 1 is 1.33 bits per heavy atom. The molecular formula is C15H32N2O. The van der Waals surface area contributed by atoms with Crippen LogP contribution in [0.5, 0.6) is 0 Å². The Hall–Kier alpha value is -0.120. The van der Waals surface area contributed by atoms with Crippen molar-refractivity contribution in [3.8, 4) is 0 Å². The first-order valence-electron chi connectivity index (χ1n) is 7.41. The highest BCUT2D eigenvalue weighted by Crippen LogP contribution is 2.24. The van der Waals surface area contributed by atoms with Crippen LogP contribution in [-0.4, -0.2) is 44.3 Å². The molecule has 2 N–H and O–H groups in total. The highest BCUT2D eigenvalue weighted by molar-refractivity contribution is 4.74. The van der Waals surface area contributed by atoms with Crippen molar-refractivity contribution in [2.24, 2.45) is 17.1 Å². The predicted molar refractivity (Wildman–Crippen MR) is 77.7 cm³/mol. The Bertz CT molecular complexity index is 219. The third-order valence-corrected chi connectivity index (χ3v) is 3.59. The van der Waals surface area contributed by atoms with Crippen LogP contribution >= 0.6 is 0 Å². The predicted octanol–water partition coefficient (Wildman–Crippen LogP) is 2.50. The molecule has 2 unspecified atom stereocenters. The van der Waals surface area contributed by atoms with Gasteiger partial charge in [0.05, 0.1) is 6.10 Å². The summed E-state index contributed by atoms with van der Waals surface area (Å²) in [5.41, 5.74) is 6.27. The zero-order chi connectivity index (χ0) is 13.6. The summed E-state index contributed by atoms with van der Waals surface area (Å²) in [5, 5.41) is 0. The van der Waals surface area contributed by atoms with Crippen molar-refractivity contribution < 1.29 is 4.74 Å². The van der Waals surface area contributed by atoms with Crippen LogP contribution in [0.3, 0.4) is 0 Å². The number of likely N-dealkylation sites (N-methyl/N-ethyl adjacent to an activating group) is 1. The molecule has 0 bridgehead atoms. The molecule has 1 saturated heterocycles. The highest BCUT2D eigenvalue weighted by Gasteiger charge is 2.21. The molecule has 0 aromatic carbocycles.